The SMILES string of the molecule is CC(=O)NC(CCSCc1cc(Cl)ccn1)C(=O)O. The fourth-order valence-corrected chi connectivity index (χ4v) is 2.50. The average Bonchev–Trinajstić information content (AvgIpc) is 2.32. The Morgan fingerprint density at radius 3 is 2.89 bits per heavy atom. The number of carboxylic acid groups (broad SMARTS) is 1. The second kappa shape index (κ2) is 8.01. The molecule has 7 heteroatoms. The van der Waals surface area contributed by atoms with E-state index < -0.39 is 12.0 Å². The van der Waals surface area contributed by atoms with Gasteiger partial charge in [0.25, 0.3) is 0 Å². The highest BCUT2D eigenvalue weighted by Gasteiger charge is 2.17. The summed E-state index contributed by atoms with van der Waals surface area (Å²) in [7, 11) is 0. The van der Waals surface area contributed by atoms with Crippen molar-refractivity contribution in [2.24, 2.45) is 0 Å². The van der Waals surface area contributed by atoms with Crippen LogP contribution < -0.4 is 5.32 Å². The van der Waals surface area contributed by atoms with E-state index in [1.807, 2.05) is 0 Å². The van der Waals surface area contributed by atoms with Crippen LogP contribution in [0.2, 0.25) is 5.02 Å². The van der Waals surface area contributed by atoms with E-state index in [1.165, 1.54) is 6.92 Å². The molecule has 0 aliphatic rings. The van der Waals surface area contributed by atoms with Crippen LogP contribution >= 0.6 is 23.4 Å². The summed E-state index contributed by atoms with van der Waals surface area (Å²) in [5.74, 6) is -0.0797. The Labute approximate surface area is 120 Å². The smallest absolute Gasteiger partial charge is 0.326 e. The minimum Gasteiger partial charge on any atom is -0.480 e. The predicted molar refractivity (Wildman–Crippen MR) is 75.3 cm³/mol. The first-order valence-electron chi connectivity index (χ1n) is 5.67. The van der Waals surface area contributed by atoms with E-state index in [-0.39, 0.29) is 5.91 Å². The fourth-order valence-electron chi connectivity index (χ4n) is 1.41. The molecule has 0 saturated heterocycles. The van der Waals surface area contributed by atoms with Crippen molar-refractivity contribution >= 4 is 35.2 Å². The number of rotatable bonds is 7. The lowest BCUT2D eigenvalue weighted by Crippen LogP contribution is -2.39. The van der Waals surface area contributed by atoms with E-state index in [2.05, 4.69) is 10.3 Å². The lowest BCUT2D eigenvalue weighted by molar-refractivity contribution is -0.141. The van der Waals surface area contributed by atoms with Crippen LogP contribution in [0.5, 0.6) is 0 Å². The third-order valence-electron chi connectivity index (χ3n) is 2.26. The van der Waals surface area contributed by atoms with Crippen LogP contribution in [0.4, 0.5) is 0 Å². The van der Waals surface area contributed by atoms with Gasteiger partial charge in [0, 0.05) is 23.9 Å². The van der Waals surface area contributed by atoms with Crippen LogP contribution in [0.1, 0.15) is 19.0 Å². The summed E-state index contributed by atoms with van der Waals surface area (Å²) in [6, 6.07) is 2.64. The normalized spacial score (nSPS) is 11.9. The van der Waals surface area contributed by atoms with Gasteiger partial charge in [-0.3, -0.25) is 9.78 Å². The Morgan fingerprint density at radius 1 is 1.58 bits per heavy atom. The molecule has 1 aromatic heterocycles. The van der Waals surface area contributed by atoms with Gasteiger partial charge in [-0.1, -0.05) is 11.6 Å². The van der Waals surface area contributed by atoms with Crippen molar-refractivity contribution in [2.75, 3.05) is 5.75 Å². The minimum atomic E-state index is -1.02. The predicted octanol–water partition coefficient (Wildman–Crippen LogP) is 1.95. The van der Waals surface area contributed by atoms with Crippen molar-refractivity contribution in [3.05, 3.63) is 29.0 Å². The molecule has 1 heterocycles. The number of pyridine rings is 1. The molecule has 0 bridgehead atoms. The summed E-state index contributed by atoms with van der Waals surface area (Å²) < 4.78 is 0. The topological polar surface area (TPSA) is 79.3 Å². The first kappa shape index (κ1) is 15.8. The monoisotopic (exact) mass is 302 g/mol. The Kier molecular flexibility index (Phi) is 6.66. The number of aliphatic carboxylic acids is 1. The van der Waals surface area contributed by atoms with Crippen LogP contribution in [0.15, 0.2) is 18.3 Å². The van der Waals surface area contributed by atoms with Crippen molar-refractivity contribution in [1.29, 1.82) is 0 Å². The van der Waals surface area contributed by atoms with Crippen LogP contribution in [-0.2, 0) is 15.3 Å². The lowest BCUT2D eigenvalue weighted by atomic mass is 10.2. The van der Waals surface area contributed by atoms with E-state index >= 15 is 0 Å². The fraction of sp³-hybridized carbons (Fsp3) is 0.417. The largest absolute Gasteiger partial charge is 0.480 e. The number of hydrogen-bond acceptors (Lipinski definition) is 4. The molecule has 5 nitrogen and oxygen atoms in total. The van der Waals surface area contributed by atoms with Crippen molar-refractivity contribution in [1.82, 2.24) is 10.3 Å². The Balaban J connectivity index is 2.32. The van der Waals surface area contributed by atoms with Gasteiger partial charge >= 0.3 is 5.97 Å². The Bertz CT molecular complexity index is 456. The molecule has 0 fully saturated rings. The number of carboxylic acids is 1. The zero-order chi connectivity index (χ0) is 14.3. The average molecular weight is 303 g/mol. The summed E-state index contributed by atoms with van der Waals surface area (Å²) in [6.07, 6.45) is 2.01. The van der Waals surface area contributed by atoms with Gasteiger partial charge < -0.3 is 10.4 Å². The van der Waals surface area contributed by atoms with Crippen molar-refractivity contribution < 1.29 is 14.7 Å². The molecule has 1 aromatic rings. The summed E-state index contributed by atoms with van der Waals surface area (Å²) in [4.78, 5) is 25.9. The highest BCUT2D eigenvalue weighted by molar-refractivity contribution is 7.98. The second-order valence-electron chi connectivity index (χ2n) is 3.90. The molecule has 104 valence electrons. The maximum atomic E-state index is 10.9. The number of halogens is 1. The standard InChI is InChI=1S/C12H15ClN2O3S/c1-8(16)15-11(12(17)18)3-5-19-7-10-6-9(13)2-4-14-10/h2,4,6,11H,3,5,7H2,1H3,(H,15,16)(H,17,18). The lowest BCUT2D eigenvalue weighted by Gasteiger charge is -2.12. The molecule has 0 saturated carbocycles. The van der Waals surface area contributed by atoms with Crippen molar-refractivity contribution in [2.45, 2.75) is 25.1 Å². The van der Waals surface area contributed by atoms with E-state index in [9.17, 15) is 9.59 Å². The molecule has 19 heavy (non-hydrogen) atoms. The van der Waals surface area contributed by atoms with Crippen LogP contribution in [0, 0.1) is 0 Å². The minimum absolute atomic E-state index is 0.339. The third-order valence-corrected chi connectivity index (χ3v) is 3.51. The van der Waals surface area contributed by atoms with Gasteiger partial charge in [-0.15, -0.1) is 0 Å². The molecule has 0 radical (unpaired) electrons. The van der Waals surface area contributed by atoms with E-state index in [4.69, 9.17) is 16.7 Å². The zero-order valence-electron chi connectivity index (χ0n) is 10.4. The number of aromatic nitrogens is 1. The maximum absolute atomic E-state index is 10.9. The molecule has 0 aromatic carbocycles. The molecule has 0 aliphatic carbocycles. The van der Waals surface area contributed by atoms with Gasteiger partial charge in [-0.2, -0.15) is 11.8 Å². The van der Waals surface area contributed by atoms with Gasteiger partial charge in [0.05, 0.1) is 5.69 Å². The first-order valence-corrected chi connectivity index (χ1v) is 7.20. The number of nitrogens with zero attached hydrogens (tertiary/aromatic N) is 1. The van der Waals surface area contributed by atoms with Crippen LogP contribution in [0.25, 0.3) is 0 Å². The summed E-state index contributed by atoms with van der Waals surface area (Å²) >= 11 is 7.38. The maximum Gasteiger partial charge on any atom is 0.326 e. The molecular formula is C12H15ClN2O3S. The number of carbonyl (C=O) groups excluding carboxylic acids is 1. The summed E-state index contributed by atoms with van der Waals surface area (Å²) in [6.45, 7) is 1.30. The highest BCUT2D eigenvalue weighted by Crippen LogP contribution is 2.15. The molecule has 1 amide bonds. The molecule has 1 atom stereocenters. The van der Waals surface area contributed by atoms with Gasteiger partial charge in [0.2, 0.25) is 5.91 Å². The highest BCUT2D eigenvalue weighted by atomic mass is 35.5. The van der Waals surface area contributed by atoms with Gasteiger partial charge in [-0.05, 0) is 24.3 Å². The molecule has 1 rings (SSSR count). The first-order chi connectivity index (χ1) is 8.99. The molecule has 1 unspecified atom stereocenters. The van der Waals surface area contributed by atoms with E-state index in [0.717, 1.165) is 5.69 Å². The van der Waals surface area contributed by atoms with Crippen LogP contribution in [0.3, 0.4) is 0 Å². The zero-order valence-corrected chi connectivity index (χ0v) is 12.0. The number of amides is 1. The molecule has 0 aliphatic heterocycles. The number of hydrogen-bond donors (Lipinski definition) is 2. The van der Waals surface area contributed by atoms with Crippen molar-refractivity contribution in [3.8, 4) is 0 Å². The quantitative estimate of drug-likeness (QED) is 0.753. The Morgan fingerprint density at radius 2 is 2.32 bits per heavy atom. The number of nitrogens with one attached hydrogen (secondary N) is 1. The van der Waals surface area contributed by atoms with Crippen LogP contribution in [-0.4, -0.2) is 33.8 Å². The van der Waals surface area contributed by atoms with Gasteiger partial charge in [0.1, 0.15) is 6.04 Å². The molecule has 2 N–H and O–H groups in total. The van der Waals surface area contributed by atoms with Gasteiger partial charge in [0.15, 0.2) is 0 Å². The van der Waals surface area contributed by atoms with Gasteiger partial charge in [-0.25, -0.2) is 4.79 Å². The Hall–Kier alpha value is -1.27. The van der Waals surface area contributed by atoms with Crippen molar-refractivity contribution in [3.63, 3.8) is 0 Å². The van der Waals surface area contributed by atoms with E-state index in [1.54, 1.807) is 30.1 Å². The molecule has 0 spiro atoms. The summed E-state index contributed by atoms with van der Waals surface area (Å²) in [5.41, 5.74) is 0.851. The van der Waals surface area contributed by atoms with E-state index in [0.29, 0.717) is 22.9 Å². The molecular weight excluding hydrogens is 288 g/mol. The second-order valence-corrected chi connectivity index (χ2v) is 5.44. The number of thioether (sulfide) groups is 1. The third kappa shape index (κ3) is 6.45. The number of carbonyl (C=O) groups is 2. The summed E-state index contributed by atoms with van der Waals surface area (Å²) in [5, 5.41) is 12.0.